The van der Waals surface area contributed by atoms with Gasteiger partial charge in [-0.15, -0.1) is 0 Å². The van der Waals surface area contributed by atoms with E-state index in [0.29, 0.717) is 58.7 Å². The van der Waals surface area contributed by atoms with Crippen molar-refractivity contribution in [3.8, 4) is 0 Å². The maximum absolute atomic E-state index is 12.8. The van der Waals surface area contributed by atoms with E-state index in [-0.39, 0.29) is 5.91 Å². The predicted molar refractivity (Wildman–Crippen MR) is 91.8 cm³/mol. The third-order valence-electron chi connectivity index (χ3n) is 4.80. The molecule has 3 rings (SSSR count). The molecular formula is C15H26N6O3S. The molecule has 0 radical (unpaired) electrons. The van der Waals surface area contributed by atoms with Gasteiger partial charge in [0.05, 0.1) is 6.54 Å². The van der Waals surface area contributed by atoms with Crippen molar-refractivity contribution < 1.29 is 13.2 Å². The van der Waals surface area contributed by atoms with Gasteiger partial charge in [0.15, 0.2) is 0 Å². The van der Waals surface area contributed by atoms with Crippen LogP contribution in [-0.4, -0.2) is 81.9 Å². The van der Waals surface area contributed by atoms with E-state index in [1.165, 1.54) is 6.33 Å². The Labute approximate surface area is 148 Å². The summed E-state index contributed by atoms with van der Waals surface area (Å²) in [6, 6.07) is 0. The summed E-state index contributed by atoms with van der Waals surface area (Å²) in [5.41, 5.74) is 0. The van der Waals surface area contributed by atoms with Crippen molar-refractivity contribution in [2.75, 3.05) is 39.3 Å². The maximum Gasteiger partial charge on any atom is 0.282 e. The third-order valence-corrected chi connectivity index (χ3v) is 6.83. The lowest BCUT2D eigenvalue weighted by Gasteiger charge is -2.31. The molecule has 0 bridgehead atoms. The Bertz CT molecular complexity index is 657. The van der Waals surface area contributed by atoms with Crippen molar-refractivity contribution >= 4 is 16.1 Å². The Morgan fingerprint density at radius 1 is 0.920 bits per heavy atom. The van der Waals surface area contributed by atoms with Gasteiger partial charge in [-0.05, 0) is 19.3 Å². The summed E-state index contributed by atoms with van der Waals surface area (Å²) in [7, 11) is -3.40. The van der Waals surface area contributed by atoms with E-state index in [9.17, 15) is 13.2 Å². The molecule has 0 atom stereocenters. The molecule has 25 heavy (non-hydrogen) atoms. The van der Waals surface area contributed by atoms with Gasteiger partial charge < -0.3 is 4.90 Å². The summed E-state index contributed by atoms with van der Waals surface area (Å²) in [6.45, 7) is 3.61. The standard InChI is InChI=1S/C15H26N6O3S/c22-15(5-10-19-14-16-13-17-19)18-6-4-9-21(12-11-18)25(23,24)20-7-2-1-3-8-20/h13-14H,1-12H2. The average Bonchev–Trinajstić information content (AvgIpc) is 3.02. The first-order valence-corrected chi connectivity index (χ1v) is 10.3. The highest BCUT2D eigenvalue weighted by molar-refractivity contribution is 7.86. The van der Waals surface area contributed by atoms with Crippen LogP contribution >= 0.6 is 0 Å². The number of hydrogen-bond donors (Lipinski definition) is 0. The fourth-order valence-corrected chi connectivity index (χ4v) is 5.07. The molecule has 10 heteroatoms. The van der Waals surface area contributed by atoms with Crippen molar-refractivity contribution in [1.82, 2.24) is 28.3 Å². The smallest absolute Gasteiger partial charge is 0.282 e. The van der Waals surface area contributed by atoms with Crippen LogP contribution in [0.4, 0.5) is 0 Å². The van der Waals surface area contributed by atoms with Crippen LogP contribution in [0.1, 0.15) is 32.1 Å². The van der Waals surface area contributed by atoms with E-state index in [1.807, 2.05) is 0 Å². The summed E-state index contributed by atoms with van der Waals surface area (Å²) < 4.78 is 30.3. The zero-order valence-corrected chi connectivity index (χ0v) is 15.3. The Kier molecular flexibility index (Phi) is 6.02. The Hall–Kier alpha value is -1.52. The number of carbonyl (C=O) groups excluding carboxylic acids is 1. The van der Waals surface area contributed by atoms with Crippen LogP contribution in [0.15, 0.2) is 12.7 Å². The average molecular weight is 370 g/mol. The summed E-state index contributed by atoms with van der Waals surface area (Å²) in [4.78, 5) is 18.0. The highest BCUT2D eigenvalue weighted by Gasteiger charge is 2.32. The Morgan fingerprint density at radius 3 is 2.36 bits per heavy atom. The van der Waals surface area contributed by atoms with Gasteiger partial charge >= 0.3 is 0 Å². The molecule has 1 amide bonds. The lowest BCUT2D eigenvalue weighted by molar-refractivity contribution is -0.131. The minimum atomic E-state index is -3.40. The molecule has 9 nitrogen and oxygen atoms in total. The fourth-order valence-electron chi connectivity index (χ4n) is 3.35. The van der Waals surface area contributed by atoms with Crippen molar-refractivity contribution in [3.05, 3.63) is 12.7 Å². The number of piperidine rings is 1. The highest BCUT2D eigenvalue weighted by Crippen LogP contribution is 2.18. The number of nitrogens with zero attached hydrogens (tertiary/aromatic N) is 6. The lowest BCUT2D eigenvalue weighted by atomic mass is 10.2. The van der Waals surface area contributed by atoms with Crippen molar-refractivity contribution in [1.29, 1.82) is 0 Å². The molecule has 0 unspecified atom stereocenters. The summed E-state index contributed by atoms with van der Waals surface area (Å²) >= 11 is 0. The Balaban J connectivity index is 1.53. The monoisotopic (exact) mass is 370 g/mol. The molecule has 0 spiro atoms. The molecule has 0 saturated carbocycles. The van der Waals surface area contributed by atoms with Gasteiger partial charge in [0.25, 0.3) is 10.2 Å². The lowest BCUT2D eigenvalue weighted by Crippen LogP contribution is -2.47. The van der Waals surface area contributed by atoms with Crippen LogP contribution in [0.25, 0.3) is 0 Å². The second-order valence-electron chi connectivity index (χ2n) is 6.51. The highest BCUT2D eigenvalue weighted by atomic mass is 32.2. The molecule has 1 aromatic heterocycles. The van der Waals surface area contributed by atoms with E-state index >= 15 is 0 Å². The zero-order valence-electron chi connectivity index (χ0n) is 14.5. The minimum Gasteiger partial charge on any atom is -0.341 e. The second kappa shape index (κ2) is 8.24. The van der Waals surface area contributed by atoms with Crippen molar-refractivity contribution in [3.63, 3.8) is 0 Å². The molecule has 2 saturated heterocycles. The molecule has 2 aliphatic heterocycles. The van der Waals surface area contributed by atoms with E-state index in [4.69, 9.17) is 0 Å². The van der Waals surface area contributed by atoms with Gasteiger partial charge in [-0.3, -0.25) is 9.48 Å². The van der Waals surface area contributed by atoms with Crippen LogP contribution in [0.2, 0.25) is 0 Å². The van der Waals surface area contributed by atoms with E-state index in [0.717, 1.165) is 19.3 Å². The molecule has 0 aromatic carbocycles. The molecule has 2 fully saturated rings. The van der Waals surface area contributed by atoms with Crippen LogP contribution in [0.3, 0.4) is 0 Å². The van der Waals surface area contributed by atoms with Crippen LogP contribution < -0.4 is 0 Å². The quantitative estimate of drug-likeness (QED) is 0.724. The first kappa shape index (κ1) is 18.3. The van der Waals surface area contributed by atoms with Gasteiger partial charge in [0.1, 0.15) is 12.7 Å². The van der Waals surface area contributed by atoms with Gasteiger partial charge in [0, 0.05) is 45.7 Å². The molecule has 3 heterocycles. The third kappa shape index (κ3) is 4.56. The summed E-state index contributed by atoms with van der Waals surface area (Å²) in [5.74, 6) is 0.0349. The van der Waals surface area contributed by atoms with Gasteiger partial charge in [0.2, 0.25) is 5.91 Å². The number of aryl methyl sites for hydroxylation is 1. The van der Waals surface area contributed by atoms with E-state index in [1.54, 1.807) is 24.5 Å². The van der Waals surface area contributed by atoms with Crippen molar-refractivity contribution in [2.45, 2.75) is 38.6 Å². The number of hydrogen-bond acceptors (Lipinski definition) is 5. The SMILES string of the molecule is O=C(CCn1cncn1)N1CCCN(S(=O)(=O)N2CCCCC2)CC1. The van der Waals surface area contributed by atoms with Crippen molar-refractivity contribution in [2.24, 2.45) is 0 Å². The number of rotatable bonds is 5. The number of aromatic nitrogens is 3. The van der Waals surface area contributed by atoms with Gasteiger partial charge in [-0.25, -0.2) is 4.98 Å². The number of amides is 1. The molecular weight excluding hydrogens is 344 g/mol. The summed E-state index contributed by atoms with van der Waals surface area (Å²) in [5, 5.41) is 3.99. The minimum absolute atomic E-state index is 0.0349. The molecule has 2 aliphatic rings. The van der Waals surface area contributed by atoms with Gasteiger partial charge in [-0.2, -0.15) is 22.1 Å². The van der Waals surface area contributed by atoms with Crippen LogP contribution in [0.5, 0.6) is 0 Å². The molecule has 1 aromatic rings. The predicted octanol–water partition coefficient (Wildman–Crippen LogP) is -0.0668. The van der Waals surface area contributed by atoms with Crippen LogP contribution in [-0.2, 0) is 21.5 Å². The normalized spacial score (nSPS) is 21.2. The fraction of sp³-hybridized carbons (Fsp3) is 0.800. The van der Waals surface area contributed by atoms with E-state index in [2.05, 4.69) is 10.1 Å². The topological polar surface area (TPSA) is 91.6 Å². The molecule has 140 valence electrons. The second-order valence-corrected chi connectivity index (χ2v) is 8.44. The largest absolute Gasteiger partial charge is 0.341 e. The van der Waals surface area contributed by atoms with Crippen LogP contribution in [0, 0.1) is 0 Å². The number of carbonyl (C=O) groups is 1. The van der Waals surface area contributed by atoms with Gasteiger partial charge in [-0.1, -0.05) is 6.42 Å². The summed E-state index contributed by atoms with van der Waals surface area (Å²) in [6.07, 6.45) is 7.01. The molecule has 0 aliphatic carbocycles. The first-order chi connectivity index (χ1) is 12.1. The molecule has 0 N–H and O–H groups in total. The Morgan fingerprint density at radius 2 is 1.64 bits per heavy atom. The first-order valence-electron chi connectivity index (χ1n) is 8.93. The maximum atomic E-state index is 12.8. The zero-order chi connectivity index (χ0) is 17.7. The van der Waals surface area contributed by atoms with E-state index < -0.39 is 10.2 Å².